The molecule has 0 aromatic heterocycles. The first-order valence-electron chi connectivity index (χ1n) is 11.9. The van der Waals surface area contributed by atoms with Gasteiger partial charge < -0.3 is 15.7 Å². The predicted octanol–water partition coefficient (Wildman–Crippen LogP) is 4.88. The molecular formula is C26H33N3O4S. The van der Waals surface area contributed by atoms with Crippen molar-refractivity contribution in [2.24, 2.45) is 0 Å². The van der Waals surface area contributed by atoms with Gasteiger partial charge in [-0.25, -0.2) is 0 Å². The lowest BCUT2D eigenvalue weighted by molar-refractivity contribution is -0.122. The van der Waals surface area contributed by atoms with Gasteiger partial charge >= 0.3 is 0 Å². The van der Waals surface area contributed by atoms with Gasteiger partial charge in [-0.05, 0) is 62.7 Å². The smallest absolute Gasteiger partial charge is 0.290 e. The molecule has 2 aliphatic rings. The van der Waals surface area contributed by atoms with Gasteiger partial charge in [-0.2, -0.15) is 0 Å². The summed E-state index contributed by atoms with van der Waals surface area (Å²) in [6.07, 6.45) is 7.43. The van der Waals surface area contributed by atoms with Crippen LogP contribution < -0.4 is 10.6 Å². The molecule has 2 aliphatic heterocycles. The molecule has 34 heavy (non-hydrogen) atoms. The van der Waals surface area contributed by atoms with Crippen molar-refractivity contribution >= 4 is 35.7 Å². The molecule has 7 nitrogen and oxygen atoms in total. The Balaban J connectivity index is 0.00000103. The maximum absolute atomic E-state index is 12.8. The molecule has 0 bridgehead atoms. The highest BCUT2D eigenvalue weighted by molar-refractivity contribution is 7.99. The van der Waals surface area contributed by atoms with Crippen LogP contribution in [0.25, 0.3) is 0 Å². The zero-order chi connectivity index (χ0) is 24.3. The Labute approximate surface area is 205 Å². The van der Waals surface area contributed by atoms with Crippen molar-refractivity contribution in [2.75, 3.05) is 25.0 Å². The summed E-state index contributed by atoms with van der Waals surface area (Å²) in [6, 6.07) is 13.6. The largest absolute Gasteiger partial charge is 0.483 e. The topological polar surface area (TPSA) is 98.7 Å². The van der Waals surface area contributed by atoms with Crippen molar-refractivity contribution < 1.29 is 19.5 Å². The van der Waals surface area contributed by atoms with Gasteiger partial charge in [-0.15, -0.1) is 0 Å². The van der Waals surface area contributed by atoms with Gasteiger partial charge in [0.2, 0.25) is 0 Å². The number of carboxylic acid groups (broad SMARTS) is 1. The summed E-state index contributed by atoms with van der Waals surface area (Å²) in [5.74, 6) is -0.217. The Morgan fingerprint density at radius 3 is 2.79 bits per heavy atom. The van der Waals surface area contributed by atoms with Crippen molar-refractivity contribution in [1.29, 1.82) is 0 Å². The van der Waals surface area contributed by atoms with Gasteiger partial charge in [0, 0.05) is 27.9 Å². The number of amides is 2. The molecule has 0 saturated carbocycles. The minimum Gasteiger partial charge on any atom is -0.483 e. The fourth-order valence-electron chi connectivity index (χ4n) is 4.38. The second-order valence-corrected chi connectivity index (χ2v) is 9.56. The minimum absolute atomic E-state index is 0.0818. The summed E-state index contributed by atoms with van der Waals surface area (Å²) in [5, 5.41) is 13.0. The van der Waals surface area contributed by atoms with Gasteiger partial charge in [0.1, 0.15) is 0 Å². The molecule has 3 N–H and O–H groups in total. The van der Waals surface area contributed by atoms with E-state index in [-0.39, 0.29) is 18.3 Å². The highest BCUT2D eigenvalue weighted by Gasteiger charge is 2.25. The number of nitrogens with one attached hydrogen (secondary N) is 2. The van der Waals surface area contributed by atoms with Crippen LogP contribution in [0, 0.1) is 0 Å². The van der Waals surface area contributed by atoms with Gasteiger partial charge in [0.15, 0.2) is 0 Å². The van der Waals surface area contributed by atoms with Crippen molar-refractivity contribution in [1.82, 2.24) is 10.2 Å². The Hall–Kier alpha value is -2.84. The number of unbranched alkanes of at least 4 members (excludes halogenated alkanes) is 3. The van der Waals surface area contributed by atoms with Crippen molar-refractivity contribution in [3.05, 3.63) is 53.6 Å². The van der Waals surface area contributed by atoms with Crippen LogP contribution in [0.1, 0.15) is 66.2 Å². The average molecular weight is 484 g/mol. The molecule has 1 saturated heterocycles. The molecule has 2 aromatic rings. The van der Waals surface area contributed by atoms with Crippen LogP contribution in [0.4, 0.5) is 5.69 Å². The summed E-state index contributed by atoms with van der Waals surface area (Å²) in [5.41, 5.74) is 1.94. The van der Waals surface area contributed by atoms with Crippen molar-refractivity contribution in [3.8, 4) is 0 Å². The molecular weight excluding hydrogens is 450 g/mol. The summed E-state index contributed by atoms with van der Waals surface area (Å²) >= 11 is 1.55. The van der Waals surface area contributed by atoms with E-state index in [1.807, 2.05) is 36.4 Å². The van der Waals surface area contributed by atoms with Gasteiger partial charge in [0.05, 0.1) is 11.3 Å². The second-order valence-electron chi connectivity index (χ2n) is 8.47. The van der Waals surface area contributed by atoms with E-state index in [1.165, 1.54) is 32.1 Å². The molecule has 1 unspecified atom stereocenters. The number of fused-ring (bicyclic) bond motifs is 2. The second kappa shape index (κ2) is 13.2. The third kappa shape index (κ3) is 6.84. The fourth-order valence-corrected chi connectivity index (χ4v) is 5.39. The fraction of sp³-hybridized carbons (Fsp3) is 0.423. The van der Waals surface area contributed by atoms with E-state index in [4.69, 9.17) is 9.90 Å². The lowest BCUT2D eigenvalue weighted by Crippen LogP contribution is -2.40. The number of hydrogen-bond donors (Lipinski definition) is 3. The first-order valence-corrected chi connectivity index (χ1v) is 12.7. The third-order valence-electron chi connectivity index (χ3n) is 6.14. The minimum atomic E-state index is -0.250. The standard InChI is InChI=1S/C25H31N3O2S.CH2O2/c1-2-3-4-7-14-28-15-8-9-19(28)17-26-24(29)18-12-13-23-21(16-18)27-25(30)20-10-5-6-11-22(20)31-23;2-1-3/h5-6,10-13,16,19H,2-4,7-9,14-15,17H2,1H3,(H,26,29)(H,27,30);1H,(H,2,3). The molecule has 1 fully saturated rings. The normalized spacial score (nSPS) is 16.9. The number of nitrogens with zero attached hydrogens (tertiary/aromatic N) is 1. The summed E-state index contributed by atoms with van der Waals surface area (Å²) in [4.78, 5) is 38.2. The molecule has 2 heterocycles. The SMILES string of the molecule is CCCCCCN1CCCC1CNC(=O)c1ccc2c(c1)NC(=O)c1ccccc1S2.O=CO. The average Bonchev–Trinajstić information content (AvgIpc) is 3.23. The molecule has 2 aromatic carbocycles. The van der Waals surface area contributed by atoms with E-state index < -0.39 is 0 Å². The van der Waals surface area contributed by atoms with Crippen LogP contribution in [0.2, 0.25) is 0 Å². The molecule has 0 aliphatic carbocycles. The zero-order valence-electron chi connectivity index (χ0n) is 19.6. The molecule has 0 spiro atoms. The van der Waals surface area contributed by atoms with E-state index >= 15 is 0 Å². The monoisotopic (exact) mass is 483 g/mol. The molecule has 8 heteroatoms. The zero-order valence-corrected chi connectivity index (χ0v) is 20.4. The highest BCUT2D eigenvalue weighted by Crippen LogP contribution is 2.39. The number of anilines is 1. The Morgan fingerprint density at radius 1 is 1.21 bits per heavy atom. The summed E-state index contributed by atoms with van der Waals surface area (Å²) in [6.45, 7) is 4.92. The quantitative estimate of drug-likeness (QED) is 0.366. The third-order valence-corrected chi connectivity index (χ3v) is 7.29. The number of likely N-dealkylation sites (tertiary alicyclic amines) is 1. The highest BCUT2D eigenvalue weighted by atomic mass is 32.2. The number of rotatable bonds is 8. The maximum atomic E-state index is 12.8. The molecule has 0 radical (unpaired) electrons. The molecule has 1 atom stereocenters. The number of benzene rings is 2. The van der Waals surface area contributed by atoms with Crippen LogP contribution in [-0.4, -0.2) is 54.0 Å². The predicted molar refractivity (Wildman–Crippen MR) is 135 cm³/mol. The first kappa shape index (κ1) is 25.8. The molecule has 182 valence electrons. The van der Waals surface area contributed by atoms with E-state index in [1.54, 1.807) is 17.8 Å². The number of carbonyl (C=O) groups excluding carboxylic acids is 2. The van der Waals surface area contributed by atoms with Gasteiger partial charge in [-0.3, -0.25) is 19.3 Å². The maximum Gasteiger partial charge on any atom is 0.290 e. The Kier molecular flexibility index (Phi) is 9.97. The van der Waals surface area contributed by atoms with Gasteiger partial charge in [0.25, 0.3) is 18.3 Å². The van der Waals surface area contributed by atoms with Gasteiger partial charge in [-0.1, -0.05) is 50.1 Å². The Bertz CT molecular complexity index is 998. The molecule has 4 rings (SSSR count). The van der Waals surface area contributed by atoms with Crippen LogP contribution in [0.15, 0.2) is 52.3 Å². The number of hydrogen-bond acceptors (Lipinski definition) is 5. The molecule has 2 amide bonds. The lowest BCUT2D eigenvalue weighted by atomic mass is 10.1. The van der Waals surface area contributed by atoms with Crippen LogP contribution in [0.3, 0.4) is 0 Å². The lowest BCUT2D eigenvalue weighted by Gasteiger charge is -2.24. The van der Waals surface area contributed by atoms with Crippen LogP contribution in [0.5, 0.6) is 0 Å². The van der Waals surface area contributed by atoms with Crippen LogP contribution >= 0.6 is 11.8 Å². The van der Waals surface area contributed by atoms with E-state index in [0.29, 0.717) is 29.4 Å². The van der Waals surface area contributed by atoms with Crippen molar-refractivity contribution in [3.63, 3.8) is 0 Å². The number of carbonyl (C=O) groups is 3. The Morgan fingerprint density at radius 2 is 2.00 bits per heavy atom. The van der Waals surface area contributed by atoms with E-state index in [9.17, 15) is 9.59 Å². The first-order chi connectivity index (χ1) is 16.6. The van der Waals surface area contributed by atoms with E-state index in [2.05, 4.69) is 22.5 Å². The van der Waals surface area contributed by atoms with Crippen molar-refractivity contribution in [2.45, 2.75) is 61.3 Å². The van der Waals surface area contributed by atoms with Crippen LogP contribution in [-0.2, 0) is 4.79 Å². The summed E-state index contributed by atoms with van der Waals surface area (Å²) in [7, 11) is 0. The summed E-state index contributed by atoms with van der Waals surface area (Å²) < 4.78 is 0. The van der Waals surface area contributed by atoms with E-state index in [0.717, 1.165) is 29.3 Å².